The Bertz CT molecular complexity index is 808. The van der Waals surface area contributed by atoms with Crippen molar-refractivity contribution in [3.8, 4) is 0 Å². The van der Waals surface area contributed by atoms with E-state index < -0.39 is 11.7 Å². The van der Waals surface area contributed by atoms with E-state index in [1.54, 1.807) is 28.7 Å². The summed E-state index contributed by atoms with van der Waals surface area (Å²) in [6, 6.07) is 10.8. The molecule has 0 atom stereocenters. The highest BCUT2D eigenvalue weighted by Gasteiger charge is 2.33. The summed E-state index contributed by atoms with van der Waals surface area (Å²) in [6.07, 6.45) is -4.36. The van der Waals surface area contributed by atoms with Crippen LogP contribution in [0, 0.1) is 0 Å². The van der Waals surface area contributed by atoms with Crippen molar-refractivity contribution >= 4 is 5.65 Å². The third-order valence-electron chi connectivity index (χ3n) is 3.46. The predicted octanol–water partition coefficient (Wildman–Crippen LogP) is 2.80. The Kier molecular flexibility index (Phi) is 3.58. The van der Waals surface area contributed by atoms with E-state index in [-0.39, 0.29) is 18.5 Å². The topological polar surface area (TPSA) is 56.2 Å². The molecule has 22 heavy (non-hydrogen) atoms. The van der Waals surface area contributed by atoms with E-state index in [0.29, 0.717) is 11.5 Å². The van der Waals surface area contributed by atoms with E-state index in [9.17, 15) is 13.2 Å². The van der Waals surface area contributed by atoms with Crippen LogP contribution in [0.3, 0.4) is 0 Å². The highest BCUT2D eigenvalue weighted by Crippen LogP contribution is 2.32. The van der Waals surface area contributed by atoms with Crippen molar-refractivity contribution in [1.82, 2.24) is 14.6 Å². The number of hydrogen-bond donors (Lipinski definition) is 1. The lowest BCUT2D eigenvalue weighted by atomic mass is 10.0. The molecule has 114 valence electrons. The molecular weight excluding hydrogens is 293 g/mol. The van der Waals surface area contributed by atoms with Gasteiger partial charge in [0.1, 0.15) is 5.82 Å². The maximum Gasteiger partial charge on any atom is 0.416 e. The Morgan fingerprint density at radius 3 is 2.50 bits per heavy atom. The molecule has 2 N–H and O–H groups in total. The van der Waals surface area contributed by atoms with Crippen molar-refractivity contribution in [3.05, 3.63) is 65.1 Å². The number of halogens is 3. The largest absolute Gasteiger partial charge is 0.416 e. The minimum absolute atomic E-state index is 0.0356. The summed E-state index contributed by atoms with van der Waals surface area (Å²) < 4.78 is 40.9. The van der Waals surface area contributed by atoms with Crippen molar-refractivity contribution in [1.29, 1.82) is 0 Å². The van der Waals surface area contributed by atoms with Crippen molar-refractivity contribution in [3.63, 3.8) is 0 Å². The van der Waals surface area contributed by atoms with Gasteiger partial charge >= 0.3 is 6.18 Å². The first-order valence-corrected chi connectivity index (χ1v) is 6.68. The zero-order chi connectivity index (χ0) is 15.7. The molecule has 0 aliphatic heterocycles. The number of nitrogens with zero attached hydrogens (tertiary/aromatic N) is 3. The zero-order valence-electron chi connectivity index (χ0n) is 11.5. The quantitative estimate of drug-likeness (QED) is 0.809. The lowest BCUT2D eigenvalue weighted by Crippen LogP contribution is -2.11. The summed E-state index contributed by atoms with van der Waals surface area (Å²) in [5.41, 5.74) is 6.51. The molecule has 2 aromatic heterocycles. The first kappa shape index (κ1) is 14.5. The normalized spacial score (nSPS) is 12.0. The van der Waals surface area contributed by atoms with Gasteiger partial charge < -0.3 is 5.73 Å². The van der Waals surface area contributed by atoms with Gasteiger partial charge in [-0.2, -0.15) is 13.2 Å². The van der Waals surface area contributed by atoms with Gasteiger partial charge in [-0.1, -0.05) is 24.3 Å². The molecule has 1 aromatic carbocycles. The molecule has 0 spiro atoms. The summed E-state index contributed by atoms with van der Waals surface area (Å²) in [7, 11) is 0. The summed E-state index contributed by atoms with van der Waals surface area (Å²) in [4.78, 5) is 0. The van der Waals surface area contributed by atoms with Crippen molar-refractivity contribution in [2.24, 2.45) is 5.73 Å². The summed E-state index contributed by atoms with van der Waals surface area (Å²) in [5.74, 6) is 0.438. The van der Waals surface area contributed by atoms with Gasteiger partial charge in [0.15, 0.2) is 5.65 Å². The van der Waals surface area contributed by atoms with Crippen LogP contribution in [0.1, 0.15) is 22.6 Å². The third kappa shape index (κ3) is 2.55. The van der Waals surface area contributed by atoms with Crippen molar-refractivity contribution < 1.29 is 13.2 Å². The van der Waals surface area contributed by atoms with E-state index in [1.165, 1.54) is 12.1 Å². The first-order valence-electron chi connectivity index (χ1n) is 6.68. The van der Waals surface area contributed by atoms with Crippen LogP contribution in [-0.2, 0) is 19.1 Å². The fourth-order valence-electron chi connectivity index (χ4n) is 2.47. The van der Waals surface area contributed by atoms with E-state index in [4.69, 9.17) is 5.73 Å². The van der Waals surface area contributed by atoms with Crippen LogP contribution in [-0.4, -0.2) is 14.6 Å². The number of aromatic nitrogens is 3. The maximum absolute atomic E-state index is 13.1. The number of hydrogen-bond acceptors (Lipinski definition) is 3. The van der Waals surface area contributed by atoms with E-state index >= 15 is 0 Å². The highest BCUT2D eigenvalue weighted by atomic mass is 19.4. The minimum atomic E-state index is -4.40. The first-order chi connectivity index (χ1) is 10.5. The summed E-state index contributed by atoms with van der Waals surface area (Å²) in [5, 5.41) is 8.00. The van der Waals surface area contributed by atoms with Crippen LogP contribution in [0.25, 0.3) is 5.65 Å². The van der Waals surface area contributed by atoms with Gasteiger partial charge in [-0.25, -0.2) is 0 Å². The summed E-state index contributed by atoms with van der Waals surface area (Å²) in [6.45, 7) is 0.253. The van der Waals surface area contributed by atoms with Gasteiger partial charge in [-0.05, 0) is 23.8 Å². The Labute approximate surface area is 124 Å². The molecule has 3 rings (SSSR count). The summed E-state index contributed by atoms with van der Waals surface area (Å²) >= 11 is 0. The second kappa shape index (κ2) is 5.42. The zero-order valence-corrected chi connectivity index (χ0v) is 11.5. The SMILES string of the molecule is NCc1cccc2nnc(Cc3ccccc3C(F)(F)F)n12. The average Bonchev–Trinajstić information content (AvgIpc) is 2.90. The molecule has 7 heteroatoms. The molecule has 0 aliphatic carbocycles. The number of fused-ring (bicyclic) bond motifs is 1. The molecule has 0 fully saturated rings. The Morgan fingerprint density at radius 2 is 1.77 bits per heavy atom. The fourth-order valence-corrected chi connectivity index (χ4v) is 2.47. The number of benzene rings is 1. The van der Waals surface area contributed by atoms with Gasteiger partial charge in [0.25, 0.3) is 0 Å². The number of alkyl halides is 3. The van der Waals surface area contributed by atoms with Gasteiger partial charge in [-0.3, -0.25) is 4.40 Å². The van der Waals surface area contributed by atoms with Crippen LogP contribution in [0.5, 0.6) is 0 Å². The number of pyridine rings is 1. The Morgan fingerprint density at radius 1 is 1.00 bits per heavy atom. The highest BCUT2D eigenvalue weighted by molar-refractivity contribution is 5.41. The number of nitrogens with two attached hydrogens (primary N) is 1. The molecule has 0 aliphatic rings. The van der Waals surface area contributed by atoms with Crippen LogP contribution in [0.15, 0.2) is 42.5 Å². The van der Waals surface area contributed by atoms with Crippen molar-refractivity contribution in [2.45, 2.75) is 19.1 Å². The molecule has 0 unspecified atom stereocenters. The molecule has 0 saturated heterocycles. The molecule has 0 saturated carbocycles. The number of rotatable bonds is 3. The molecule has 0 amide bonds. The Hall–Kier alpha value is -2.41. The van der Waals surface area contributed by atoms with E-state index in [1.807, 2.05) is 0 Å². The maximum atomic E-state index is 13.1. The van der Waals surface area contributed by atoms with Crippen molar-refractivity contribution in [2.75, 3.05) is 0 Å². The predicted molar refractivity (Wildman–Crippen MR) is 75.1 cm³/mol. The van der Waals surface area contributed by atoms with Gasteiger partial charge in [0, 0.05) is 18.7 Å². The van der Waals surface area contributed by atoms with Crippen LogP contribution >= 0.6 is 0 Å². The standard InChI is InChI=1S/C15H13F3N4/c16-15(17,18)12-6-2-1-4-10(12)8-14-21-20-13-7-3-5-11(9-19)22(13)14/h1-7H,8-9,19H2. The third-order valence-corrected chi connectivity index (χ3v) is 3.46. The average molecular weight is 306 g/mol. The van der Waals surface area contributed by atoms with Crippen LogP contribution in [0.2, 0.25) is 0 Å². The second-order valence-corrected chi connectivity index (χ2v) is 4.86. The lowest BCUT2D eigenvalue weighted by molar-refractivity contribution is -0.138. The van der Waals surface area contributed by atoms with Crippen LogP contribution < -0.4 is 5.73 Å². The molecule has 2 heterocycles. The monoisotopic (exact) mass is 306 g/mol. The Balaban J connectivity index is 2.09. The molecular formula is C15H13F3N4. The van der Waals surface area contributed by atoms with Gasteiger partial charge in [0.2, 0.25) is 0 Å². The van der Waals surface area contributed by atoms with Gasteiger partial charge in [-0.15, -0.1) is 10.2 Å². The smallest absolute Gasteiger partial charge is 0.325 e. The lowest BCUT2D eigenvalue weighted by Gasteiger charge is -2.12. The molecule has 0 bridgehead atoms. The fraction of sp³-hybridized carbons (Fsp3) is 0.200. The van der Waals surface area contributed by atoms with Gasteiger partial charge in [0.05, 0.1) is 5.56 Å². The van der Waals surface area contributed by atoms with Crippen LogP contribution in [0.4, 0.5) is 13.2 Å². The van der Waals surface area contributed by atoms with E-state index in [0.717, 1.165) is 11.8 Å². The minimum Gasteiger partial charge on any atom is -0.325 e. The molecule has 4 nitrogen and oxygen atoms in total. The van der Waals surface area contributed by atoms with E-state index in [2.05, 4.69) is 10.2 Å². The second-order valence-electron chi connectivity index (χ2n) is 4.86. The molecule has 3 aromatic rings. The molecule has 0 radical (unpaired) electrons.